The third-order valence-corrected chi connectivity index (χ3v) is 4.79. The van der Waals surface area contributed by atoms with Crippen molar-refractivity contribution in [2.45, 2.75) is 12.5 Å². The van der Waals surface area contributed by atoms with Crippen LogP contribution in [0.15, 0.2) is 48.8 Å². The number of aliphatic hydroxyl groups is 1. The molecule has 0 aliphatic carbocycles. The van der Waals surface area contributed by atoms with Gasteiger partial charge in [0.25, 0.3) is 0 Å². The molecule has 1 aliphatic heterocycles. The van der Waals surface area contributed by atoms with Crippen LogP contribution < -0.4 is 10.2 Å². The summed E-state index contributed by atoms with van der Waals surface area (Å²) in [5.41, 5.74) is 2.39. The van der Waals surface area contributed by atoms with Crippen LogP contribution in [0.5, 0.6) is 17.4 Å². The topological polar surface area (TPSA) is 91.4 Å². The van der Waals surface area contributed by atoms with E-state index in [-0.39, 0.29) is 30.3 Å². The summed E-state index contributed by atoms with van der Waals surface area (Å²) in [6.45, 7) is 0.163. The van der Waals surface area contributed by atoms with Crippen molar-refractivity contribution < 1.29 is 14.9 Å². The number of benzene rings is 2. The molecular weight excluding hydrogens is 354 g/mol. The molecule has 2 heterocycles. The van der Waals surface area contributed by atoms with E-state index in [4.69, 9.17) is 21.7 Å². The van der Waals surface area contributed by atoms with Gasteiger partial charge in [-0.15, -0.1) is 0 Å². The van der Waals surface area contributed by atoms with Gasteiger partial charge in [0.2, 0.25) is 5.88 Å². The van der Waals surface area contributed by atoms with Crippen LogP contribution in [0, 0.1) is 5.41 Å². The summed E-state index contributed by atoms with van der Waals surface area (Å²) in [7, 11) is 0. The lowest BCUT2D eigenvalue weighted by Gasteiger charge is -2.29. The van der Waals surface area contributed by atoms with Crippen molar-refractivity contribution >= 4 is 11.6 Å². The Morgan fingerprint density at radius 3 is 2.77 bits per heavy atom. The standard InChI is InChI=1S/C19H16ClN3O3/c20-14-4-2-1-3-12(14)16-13-6-5-11(25)9-15(13)26-19-17(16)18(21)23(7-8-24)10-22-19/h1-6,9-10,16,21,24-25H,7-8H2/t16-/m1/s1. The van der Waals surface area contributed by atoms with Gasteiger partial charge in [-0.2, -0.15) is 0 Å². The van der Waals surface area contributed by atoms with Crippen LogP contribution >= 0.6 is 11.6 Å². The average Bonchev–Trinajstić information content (AvgIpc) is 2.63. The molecule has 26 heavy (non-hydrogen) atoms. The number of aromatic hydroxyl groups is 1. The zero-order valence-electron chi connectivity index (χ0n) is 13.7. The SMILES string of the molecule is N=c1c2c(ncn1CCO)Oc1cc(O)ccc1[C@H]2c1ccccc1Cl. The van der Waals surface area contributed by atoms with E-state index in [1.807, 2.05) is 18.2 Å². The maximum Gasteiger partial charge on any atom is 0.228 e. The Kier molecular flexibility index (Phi) is 4.14. The summed E-state index contributed by atoms with van der Waals surface area (Å²) in [6.07, 6.45) is 1.47. The summed E-state index contributed by atoms with van der Waals surface area (Å²) in [5, 5.41) is 28.2. The van der Waals surface area contributed by atoms with Crippen molar-refractivity contribution in [2.75, 3.05) is 6.61 Å². The zero-order valence-corrected chi connectivity index (χ0v) is 14.4. The van der Waals surface area contributed by atoms with Gasteiger partial charge >= 0.3 is 0 Å². The molecule has 2 aromatic carbocycles. The van der Waals surface area contributed by atoms with Gasteiger partial charge < -0.3 is 19.5 Å². The van der Waals surface area contributed by atoms with E-state index in [0.717, 1.165) is 11.1 Å². The number of nitrogens with zero attached hydrogens (tertiary/aromatic N) is 2. The molecule has 0 radical (unpaired) electrons. The Hall–Kier alpha value is -2.83. The number of aliphatic hydroxyl groups excluding tert-OH is 1. The van der Waals surface area contributed by atoms with Gasteiger partial charge in [0.05, 0.1) is 12.2 Å². The van der Waals surface area contributed by atoms with Gasteiger partial charge in [-0.05, 0) is 17.7 Å². The number of halogens is 1. The Bertz CT molecular complexity index is 1050. The quantitative estimate of drug-likeness (QED) is 0.517. The number of phenols is 1. The van der Waals surface area contributed by atoms with Crippen molar-refractivity contribution in [1.82, 2.24) is 9.55 Å². The maximum absolute atomic E-state index is 9.82. The molecule has 0 fully saturated rings. The number of aromatic nitrogens is 2. The molecule has 4 rings (SSSR count). The molecule has 0 bridgehead atoms. The first-order chi connectivity index (χ1) is 12.6. The second-order valence-electron chi connectivity index (χ2n) is 6.01. The third-order valence-electron chi connectivity index (χ3n) is 4.45. The van der Waals surface area contributed by atoms with Crippen LogP contribution in [-0.2, 0) is 6.54 Å². The number of phenolic OH excluding ortho intramolecular Hbond substituents is 1. The molecule has 6 nitrogen and oxygen atoms in total. The highest BCUT2D eigenvalue weighted by atomic mass is 35.5. The van der Waals surface area contributed by atoms with Gasteiger partial charge in [0.1, 0.15) is 23.3 Å². The van der Waals surface area contributed by atoms with E-state index < -0.39 is 0 Å². The molecule has 1 aliphatic rings. The predicted molar refractivity (Wildman–Crippen MR) is 95.7 cm³/mol. The van der Waals surface area contributed by atoms with E-state index in [9.17, 15) is 10.2 Å². The lowest BCUT2D eigenvalue weighted by molar-refractivity contribution is 0.271. The molecule has 7 heteroatoms. The van der Waals surface area contributed by atoms with Crippen LogP contribution in [0.25, 0.3) is 0 Å². The average molecular weight is 370 g/mol. The van der Waals surface area contributed by atoms with Gasteiger partial charge in [-0.1, -0.05) is 35.9 Å². The monoisotopic (exact) mass is 369 g/mol. The molecule has 1 aromatic heterocycles. The Labute approximate surface area is 154 Å². The van der Waals surface area contributed by atoms with Crippen molar-refractivity contribution in [2.24, 2.45) is 0 Å². The molecule has 0 spiro atoms. The van der Waals surface area contributed by atoms with E-state index in [1.54, 1.807) is 22.8 Å². The highest BCUT2D eigenvalue weighted by Crippen LogP contribution is 2.47. The lowest BCUT2D eigenvalue weighted by Crippen LogP contribution is -2.30. The number of nitrogens with one attached hydrogen (secondary N) is 1. The predicted octanol–water partition coefficient (Wildman–Crippen LogP) is 3.00. The largest absolute Gasteiger partial charge is 0.508 e. The second-order valence-corrected chi connectivity index (χ2v) is 6.41. The van der Waals surface area contributed by atoms with Crippen molar-refractivity contribution in [3.05, 3.63) is 76.0 Å². The van der Waals surface area contributed by atoms with E-state index in [0.29, 0.717) is 22.2 Å². The Morgan fingerprint density at radius 1 is 1.19 bits per heavy atom. The molecule has 0 saturated carbocycles. The first-order valence-electron chi connectivity index (χ1n) is 8.10. The van der Waals surface area contributed by atoms with Crippen LogP contribution in [0.2, 0.25) is 5.02 Å². The van der Waals surface area contributed by atoms with Crippen LogP contribution in [0.1, 0.15) is 22.6 Å². The minimum absolute atomic E-state index is 0.0856. The van der Waals surface area contributed by atoms with Gasteiger partial charge in [0, 0.05) is 29.1 Å². The van der Waals surface area contributed by atoms with Gasteiger partial charge in [-0.25, -0.2) is 4.98 Å². The molecule has 132 valence electrons. The fourth-order valence-corrected chi connectivity index (χ4v) is 3.51. The molecule has 3 N–H and O–H groups in total. The smallest absolute Gasteiger partial charge is 0.228 e. The first-order valence-corrected chi connectivity index (χ1v) is 8.48. The van der Waals surface area contributed by atoms with Gasteiger partial charge in [0.15, 0.2) is 0 Å². The van der Waals surface area contributed by atoms with E-state index in [1.165, 1.54) is 12.4 Å². The van der Waals surface area contributed by atoms with E-state index in [2.05, 4.69) is 4.98 Å². The van der Waals surface area contributed by atoms with Crippen molar-refractivity contribution in [3.8, 4) is 17.4 Å². The molecular formula is C19H16ClN3O3. The summed E-state index contributed by atoms with van der Waals surface area (Å²) < 4.78 is 7.42. The fraction of sp³-hybridized carbons (Fsp3) is 0.158. The first kappa shape index (κ1) is 16.6. The Balaban J connectivity index is 2.02. The van der Waals surface area contributed by atoms with Crippen LogP contribution in [0.4, 0.5) is 0 Å². The van der Waals surface area contributed by atoms with Crippen molar-refractivity contribution in [1.29, 1.82) is 5.41 Å². The second kappa shape index (κ2) is 6.48. The molecule has 0 saturated heterocycles. The summed E-state index contributed by atoms with van der Waals surface area (Å²) >= 11 is 6.46. The summed E-state index contributed by atoms with van der Waals surface area (Å²) in [4.78, 5) is 4.32. The number of rotatable bonds is 3. The minimum atomic E-state index is -0.366. The van der Waals surface area contributed by atoms with Crippen molar-refractivity contribution in [3.63, 3.8) is 0 Å². The maximum atomic E-state index is 9.82. The fourth-order valence-electron chi connectivity index (χ4n) is 3.27. The Morgan fingerprint density at radius 2 is 2.00 bits per heavy atom. The lowest BCUT2D eigenvalue weighted by atomic mass is 9.84. The summed E-state index contributed by atoms with van der Waals surface area (Å²) in [6, 6.07) is 12.3. The third kappa shape index (κ3) is 2.64. The zero-order chi connectivity index (χ0) is 18.3. The number of fused-ring (bicyclic) bond motifs is 2. The minimum Gasteiger partial charge on any atom is -0.508 e. The van der Waals surface area contributed by atoms with Gasteiger partial charge in [-0.3, -0.25) is 5.41 Å². The van der Waals surface area contributed by atoms with Crippen LogP contribution in [-0.4, -0.2) is 26.4 Å². The summed E-state index contributed by atoms with van der Waals surface area (Å²) in [5.74, 6) is 0.498. The molecule has 0 unspecified atom stereocenters. The highest BCUT2D eigenvalue weighted by Gasteiger charge is 2.33. The number of ether oxygens (including phenoxy) is 1. The molecule has 0 amide bonds. The molecule has 1 atom stereocenters. The van der Waals surface area contributed by atoms with E-state index >= 15 is 0 Å². The van der Waals surface area contributed by atoms with Crippen LogP contribution in [0.3, 0.4) is 0 Å². The molecule has 3 aromatic rings. The number of hydrogen-bond acceptors (Lipinski definition) is 5. The number of hydrogen-bond donors (Lipinski definition) is 3. The normalized spacial score (nSPS) is 15.1. The highest BCUT2D eigenvalue weighted by molar-refractivity contribution is 6.31.